The lowest BCUT2D eigenvalue weighted by Gasteiger charge is -2.37. The van der Waals surface area contributed by atoms with Crippen molar-refractivity contribution in [3.05, 3.63) is 0 Å². The smallest absolute Gasteiger partial charge is 0.222 e. The molecule has 0 aromatic rings. The van der Waals surface area contributed by atoms with Crippen molar-refractivity contribution in [3.63, 3.8) is 0 Å². The molecule has 1 N–H and O–H groups in total. The first-order chi connectivity index (χ1) is 19.1. The molecule has 0 aromatic heterocycles. The molecule has 0 radical (unpaired) electrons. The lowest BCUT2D eigenvalue weighted by Crippen LogP contribution is -2.44. The molecule has 0 unspecified atom stereocenters. The molecule has 2 aliphatic rings. The average Bonchev–Trinajstić information content (AvgIpc) is 3.31. The van der Waals surface area contributed by atoms with Gasteiger partial charge >= 0.3 is 0 Å². The van der Waals surface area contributed by atoms with Crippen LogP contribution in [0.2, 0.25) is 18.1 Å². The summed E-state index contributed by atoms with van der Waals surface area (Å²) in [6.07, 6.45) is 1.97. The van der Waals surface area contributed by atoms with Crippen LogP contribution >= 0.6 is 0 Å². The van der Waals surface area contributed by atoms with E-state index in [2.05, 4.69) is 33.9 Å². The monoisotopic (exact) mass is 622 g/mol. The van der Waals surface area contributed by atoms with E-state index in [9.17, 15) is 24.3 Å². The molecule has 2 aliphatic heterocycles. The van der Waals surface area contributed by atoms with Gasteiger partial charge in [0.1, 0.15) is 0 Å². The standard InChI is InChI=1S/C18H36N2O3Si.C12H22N2O3.FH.H2/c1-8-16(21)19-10-11-20(17(22)9-2)13-15(12-19)14-23-24(6,7)18(3,4)5;1-3-11(16)13-5-6-14(12(17)4-2)8-10(7-13)9-15;;/h15H,8-14H2,1-7H3;10,15H,3-9H2,1-2H3;2*1H/i;;;1+2. The predicted octanol–water partition coefficient (Wildman–Crippen LogP) is 3.60. The molecule has 0 atom stereocenters. The van der Waals surface area contributed by atoms with Crippen LogP contribution in [0.5, 0.6) is 0 Å². The summed E-state index contributed by atoms with van der Waals surface area (Å²) in [4.78, 5) is 55.0. The van der Waals surface area contributed by atoms with Gasteiger partial charge in [0.05, 0.1) is 0 Å². The van der Waals surface area contributed by atoms with Gasteiger partial charge in [-0.3, -0.25) is 23.9 Å². The molecule has 248 valence electrons. The third-order valence-corrected chi connectivity index (χ3v) is 13.1. The van der Waals surface area contributed by atoms with Crippen molar-refractivity contribution in [1.29, 1.82) is 0 Å². The average molecular weight is 623 g/mol. The second kappa shape index (κ2) is 18.6. The Balaban J connectivity index is 0. The van der Waals surface area contributed by atoms with Gasteiger partial charge in [0.15, 0.2) is 8.32 Å². The number of amides is 4. The van der Waals surface area contributed by atoms with Crippen molar-refractivity contribution in [2.75, 3.05) is 65.6 Å². The van der Waals surface area contributed by atoms with E-state index in [1.165, 1.54) is 0 Å². The lowest BCUT2D eigenvalue weighted by atomic mass is 10.1. The molecule has 0 saturated carbocycles. The summed E-state index contributed by atoms with van der Waals surface area (Å²) in [6, 6.07) is 0. The molecule has 2 saturated heterocycles. The van der Waals surface area contributed by atoms with Crippen molar-refractivity contribution in [1.82, 2.24) is 19.6 Å². The van der Waals surface area contributed by atoms with Crippen LogP contribution in [0.15, 0.2) is 0 Å². The summed E-state index contributed by atoms with van der Waals surface area (Å²) in [6.45, 7) is 24.2. The minimum Gasteiger partial charge on any atom is -0.416 e. The number of hydrogen-bond donors (Lipinski definition) is 1. The lowest BCUT2D eigenvalue weighted by molar-refractivity contribution is -0.133. The normalized spacial score (nSPS) is 17.5. The zero-order valence-electron chi connectivity index (χ0n) is 27.7. The summed E-state index contributed by atoms with van der Waals surface area (Å²) in [7, 11) is -1.83. The van der Waals surface area contributed by atoms with E-state index in [1.54, 1.807) is 9.80 Å². The molecule has 10 nitrogen and oxygen atoms in total. The van der Waals surface area contributed by atoms with E-state index in [-0.39, 0.29) is 53.2 Å². The second-order valence-electron chi connectivity index (χ2n) is 12.8. The molecule has 0 bridgehead atoms. The van der Waals surface area contributed by atoms with Crippen molar-refractivity contribution < 1.29 is 34.8 Å². The second-order valence-corrected chi connectivity index (χ2v) is 17.6. The molecule has 4 amide bonds. The number of carbonyl (C=O) groups is 4. The minimum absolute atomic E-state index is 0. The number of hydrogen-bond acceptors (Lipinski definition) is 6. The Morgan fingerprint density at radius 3 is 1.21 bits per heavy atom. The number of aliphatic hydroxyl groups is 1. The summed E-state index contributed by atoms with van der Waals surface area (Å²) >= 11 is 0. The fourth-order valence-corrected chi connectivity index (χ4v) is 5.86. The topological polar surface area (TPSA) is 111 Å². The molecule has 0 spiro atoms. The van der Waals surface area contributed by atoms with Crippen LogP contribution in [0.3, 0.4) is 0 Å². The number of carbonyl (C=O) groups excluding carboxylic acids is 4. The summed E-state index contributed by atoms with van der Waals surface area (Å²) in [5.41, 5.74) is 0. The first-order valence-electron chi connectivity index (χ1n) is 15.5. The van der Waals surface area contributed by atoms with E-state index in [4.69, 9.17) is 4.43 Å². The largest absolute Gasteiger partial charge is 0.416 e. The number of rotatable bonds is 8. The first kappa shape index (κ1) is 39.9. The molecule has 42 heavy (non-hydrogen) atoms. The zero-order chi connectivity index (χ0) is 31.4. The van der Waals surface area contributed by atoms with Crippen LogP contribution < -0.4 is 0 Å². The Labute approximate surface area is 256 Å². The highest BCUT2D eigenvalue weighted by Gasteiger charge is 2.38. The van der Waals surface area contributed by atoms with Gasteiger partial charge in [-0.05, 0) is 18.1 Å². The summed E-state index contributed by atoms with van der Waals surface area (Å²) in [5.74, 6) is 0.677. The zero-order valence-corrected chi connectivity index (χ0v) is 28.7. The third kappa shape index (κ3) is 12.3. The van der Waals surface area contributed by atoms with Gasteiger partial charge in [0, 0.05) is 105 Å². The maximum Gasteiger partial charge on any atom is 0.222 e. The van der Waals surface area contributed by atoms with Crippen LogP contribution in [-0.2, 0) is 23.6 Å². The van der Waals surface area contributed by atoms with Gasteiger partial charge in [0.2, 0.25) is 23.6 Å². The summed E-state index contributed by atoms with van der Waals surface area (Å²) in [5, 5.41) is 9.45. The fraction of sp³-hybridized carbons (Fsp3) is 0.867. The van der Waals surface area contributed by atoms with E-state index in [1.807, 2.05) is 37.5 Å². The SMILES string of the molecule is CCC(=O)N1CCN(C(=O)CC)CC(CO)C1.CCC(=O)N1CCN(C(=O)CC)CC(CO[Si](C)(C)C(C)(C)C)C1.F.[3HH]. The van der Waals surface area contributed by atoms with Gasteiger partial charge in [-0.1, -0.05) is 48.5 Å². The van der Waals surface area contributed by atoms with Crippen LogP contribution in [0.25, 0.3) is 0 Å². The van der Waals surface area contributed by atoms with Gasteiger partial charge in [-0.2, -0.15) is 0 Å². The van der Waals surface area contributed by atoms with Crippen LogP contribution in [0.1, 0.15) is 75.6 Å². The van der Waals surface area contributed by atoms with Gasteiger partial charge < -0.3 is 29.1 Å². The quantitative estimate of drug-likeness (QED) is 0.415. The fourth-order valence-electron chi connectivity index (χ4n) is 4.77. The minimum atomic E-state index is -1.83. The Hall–Kier alpha value is -2.05. The Bertz CT molecular complexity index is 824. The number of nitrogens with zero attached hydrogens (tertiary/aromatic N) is 4. The van der Waals surface area contributed by atoms with Gasteiger partial charge in [-0.15, -0.1) is 0 Å². The number of aliphatic hydroxyl groups excluding tert-OH is 1. The van der Waals surface area contributed by atoms with Crippen molar-refractivity contribution in [3.8, 4) is 0 Å². The molecule has 2 fully saturated rings. The van der Waals surface area contributed by atoms with E-state index in [0.717, 1.165) is 0 Å². The molecule has 0 aliphatic carbocycles. The molecule has 12 heteroatoms. The maximum absolute atomic E-state index is 12.2. The number of halogens is 1. The van der Waals surface area contributed by atoms with Crippen molar-refractivity contribution >= 4 is 31.9 Å². The molecular formula is C30H61FN4O6Si. The molecular weight excluding hydrogens is 559 g/mol. The highest BCUT2D eigenvalue weighted by Crippen LogP contribution is 2.37. The molecule has 2 rings (SSSR count). The van der Waals surface area contributed by atoms with E-state index in [0.29, 0.717) is 84.6 Å². The highest BCUT2D eigenvalue weighted by atomic mass is 28.4. The van der Waals surface area contributed by atoms with Gasteiger partial charge in [0.25, 0.3) is 0 Å². The molecule has 0 aromatic carbocycles. The van der Waals surface area contributed by atoms with Crippen molar-refractivity contribution in [2.45, 2.75) is 92.3 Å². The maximum atomic E-state index is 12.2. The Morgan fingerprint density at radius 1 is 0.690 bits per heavy atom. The highest BCUT2D eigenvalue weighted by molar-refractivity contribution is 6.74. The molecule has 2 heterocycles. The van der Waals surface area contributed by atoms with Gasteiger partial charge in [-0.25, -0.2) is 0 Å². The van der Waals surface area contributed by atoms with E-state index >= 15 is 0 Å². The first-order valence-corrected chi connectivity index (χ1v) is 18.4. The Morgan fingerprint density at radius 2 is 0.976 bits per heavy atom. The van der Waals surface area contributed by atoms with Crippen molar-refractivity contribution in [2.24, 2.45) is 11.8 Å². The van der Waals surface area contributed by atoms with E-state index < -0.39 is 8.32 Å². The van der Waals surface area contributed by atoms with Crippen LogP contribution in [-0.4, -0.2) is 122 Å². The summed E-state index contributed by atoms with van der Waals surface area (Å²) < 4.78 is 6.38. The van der Waals surface area contributed by atoms with Crippen LogP contribution in [0.4, 0.5) is 4.70 Å². The van der Waals surface area contributed by atoms with Crippen LogP contribution in [0, 0.1) is 11.8 Å². The predicted molar refractivity (Wildman–Crippen MR) is 169 cm³/mol. The Kier molecular flexibility index (Phi) is 17.7. The third-order valence-electron chi connectivity index (χ3n) is 8.56.